The summed E-state index contributed by atoms with van der Waals surface area (Å²) in [4.78, 5) is 24.7. The van der Waals surface area contributed by atoms with Gasteiger partial charge in [-0.05, 0) is 18.3 Å². The van der Waals surface area contributed by atoms with Gasteiger partial charge in [0.2, 0.25) is 5.91 Å². The lowest BCUT2D eigenvalue weighted by Gasteiger charge is -2.35. The zero-order chi connectivity index (χ0) is 10.3. The summed E-state index contributed by atoms with van der Waals surface area (Å²) in [5.74, 6) is 1.34. The van der Waals surface area contributed by atoms with Crippen LogP contribution in [0.2, 0.25) is 0 Å². The van der Waals surface area contributed by atoms with Crippen molar-refractivity contribution in [1.29, 1.82) is 0 Å². The molecule has 0 unspecified atom stereocenters. The summed E-state index contributed by atoms with van der Waals surface area (Å²) in [6, 6.07) is 0.338. The molecular weight excluding hydrogens is 178 g/mol. The normalized spacial score (nSPS) is 37.1. The van der Waals surface area contributed by atoms with Crippen LogP contribution in [0.25, 0.3) is 0 Å². The molecule has 0 bridgehead atoms. The summed E-state index contributed by atoms with van der Waals surface area (Å²) >= 11 is 0. The molecule has 1 saturated heterocycles. The van der Waals surface area contributed by atoms with E-state index in [-0.39, 0.29) is 5.91 Å². The fourth-order valence-corrected chi connectivity index (χ4v) is 3.10. The lowest BCUT2D eigenvalue weighted by molar-refractivity contribution is -0.134. The number of hydrogen-bond acceptors (Lipinski definition) is 2. The van der Waals surface area contributed by atoms with Gasteiger partial charge in [-0.3, -0.25) is 9.59 Å². The molecule has 0 radical (unpaired) electrons. The molecule has 3 heteroatoms. The van der Waals surface area contributed by atoms with Crippen molar-refractivity contribution >= 4 is 11.7 Å². The molecule has 0 aromatic carbocycles. The molecule has 2 aliphatic rings. The van der Waals surface area contributed by atoms with Crippen molar-refractivity contribution < 1.29 is 9.59 Å². The van der Waals surface area contributed by atoms with Crippen LogP contribution in [0.4, 0.5) is 0 Å². The molecule has 3 atom stereocenters. The largest absolute Gasteiger partial charge is 0.339 e. The summed E-state index contributed by atoms with van der Waals surface area (Å²) in [5.41, 5.74) is 0. The van der Waals surface area contributed by atoms with E-state index < -0.39 is 0 Å². The number of rotatable bonds is 0. The highest BCUT2D eigenvalue weighted by atomic mass is 16.2. The summed E-state index contributed by atoms with van der Waals surface area (Å²) in [6.07, 6.45) is 2.37. The highest BCUT2D eigenvalue weighted by Crippen LogP contribution is 2.37. The van der Waals surface area contributed by atoms with E-state index in [1.165, 1.54) is 0 Å². The van der Waals surface area contributed by atoms with Crippen molar-refractivity contribution in [2.45, 2.75) is 39.2 Å². The van der Waals surface area contributed by atoms with E-state index in [1.54, 1.807) is 6.92 Å². The van der Waals surface area contributed by atoms with Gasteiger partial charge in [-0.2, -0.15) is 0 Å². The van der Waals surface area contributed by atoms with Gasteiger partial charge in [0.1, 0.15) is 5.78 Å². The van der Waals surface area contributed by atoms with Crippen LogP contribution in [0.1, 0.15) is 33.1 Å². The summed E-state index contributed by atoms with van der Waals surface area (Å²) in [6.45, 7) is 4.57. The summed E-state index contributed by atoms with van der Waals surface area (Å²) < 4.78 is 0. The Morgan fingerprint density at radius 2 is 2.14 bits per heavy atom. The first-order chi connectivity index (χ1) is 6.59. The van der Waals surface area contributed by atoms with Gasteiger partial charge < -0.3 is 4.90 Å². The molecule has 1 heterocycles. The highest BCUT2D eigenvalue weighted by molar-refractivity contribution is 5.81. The molecule has 14 heavy (non-hydrogen) atoms. The molecule has 78 valence electrons. The van der Waals surface area contributed by atoms with Crippen LogP contribution < -0.4 is 0 Å². The molecule has 1 amide bonds. The molecule has 1 aliphatic carbocycles. The number of nitrogens with zero attached hydrogens (tertiary/aromatic N) is 1. The molecular formula is C11H17NO2. The second kappa shape index (κ2) is 3.37. The Kier molecular flexibility index (Phi) is 2.33. The minimum Gasteiger partial charge on any atom is -0.339 e. The third kappa shape index (κ3) is 1.45. The molecule has 1 saturated carbocycles. The zero-order valence-electron chi connectivity index (χ0n) is 8.82. The topological polar surface area (TPSA) is 37.4 Å². The monoisotopic (exact) mass is 195 g/mol. The number of amides is 1. The number of ketones is 1. The van der Waals surface area contributed by atoms with Crippen LogP contribution in [0.5, 0.6) is 0 Å². The Morgan fingerprint density at radius 3 is 2.79 bits per heavy atom. The predicted octanol–water partition coefficient (Wildman–Crippen LogP) is 1.22. The average molecular weight is 195 g/mol. The molecule has 1 aliphatic heterocycles. The van der Waals surface area contributed by atoms with E-state index in [0.717, 1.165) is 13.0 Å². The van der Waals surface area contributed by atoms with Crippen LogP contribution in [0.15, 0.2) is 0 Å². The first-order valence-electron chi connectivity index (χ1n) is 5.38. The highest BCUT2D eigenvalue weighted by Gasteiger charge is 2.43. The number of Topliss-reactive ketones (excluding diaryl/α,β-unsaturated/α-hetero) is 1. The maximum Gasteiger partial charge on any atom is 0.219 e. The van der Waals surface area contributed by atoms with Crippen LogP contribution in [0.3, 0.4) is 0 Å². The third-order valence-electron chi connectivity index (χ3n) is 3.61. The maximum atomic E-state index is 11.4. The van der Waals surface area contributed by atoms with Gasteiger partial charge >= 0.3 is 0 Å². The average Bonchev–Trinajstić information content (AvgIpc) is 2.47. The van der Waals surface area contributed by atoms with Gasteiger partial charge in [-0.25, -0.2) is 0 Å². The lowest BCUT2D eigenvalue weighted by atomic mass is 9.77. The standard InChI is InChI=1S/C11H17NO2/c1-7-5-10(14)6-9-3-4-12(8(2)13)11(7)9/h7,9,11H,3-6H2,1-2H3/t7-,9-,11+/m1/s1. The number of carbonyl (C=O) groups is 2. The molecule has 0 N–H and O–H groups in total. The SMILES string of the molecule is CC(=O)N1CC[C@@H]2CC(=O)C[C@@H](C)[C@@H]21. The lowest BCUT2D eigenvalue weighted by Crippen LogP contribution is -2.44. The maximum absolute atomic E-state index is 11.4. The fraction of sp³-hybridized carbons (Fsp3) is 0.818. The van der Waals surface area contributed by atoms with Crippen LogP contribution in [-0.2, 0) is 9.59 Å². The van der Waals surface area contributed by atoms with Crippen LogP contribution in [-0.4, -0.2) is 29.2 Å². The van der Waals surface area contributed by atoms with Gasteiger partial charge in [-0.15, -0.1) is 0 Å². The molecule has 0 aromatic rings. The molecule has 2 fully saturated rings. The Labute approximate surface area is 84.5 Å². The van der Waals surface area contributed by atoms with Crippen LogP contribution in [0, 0.1) is 11.8 Å². The minimum absolute atomic E-state index is 0.165. The first-order valence-corrected chi connectivity index (χ1v) is 5.38. The Balaban J connectivity index is 2.17. The van der Waals surface area contributed by atoms with E-state index in [1.807, 2.05) is 4.90 Å². The van der Waals surface area contributed by atoms with Crippen molar-refractivity contribution in [1.82, 2.24) is 4.90 Å². The van der Waals surface area contributed by atoms with E-state index in [0.29, 0.717) is 36.5 Å². The number of likely N-dealkylation sites (tertiary alicyclic amines) is 1. The van der Waals surface area contributed by atoms with Crippen molar-refractivity contribution in [3.05, 3.63) is 0 Å². The molecule has 2 rings (SSSR count). The second-order valence-corrected chi connectivity index (χ2v) is 4.68. The summed E-state index contributed by atoms with van der Waals surface area (Å²) in [7, 11) is 0. The minimum atomic E-state index is 0.165. The zero-order valence-corrected chi connectivity index (χ0v) is 8.82. The van der Waals surface area contributed by atoms with Crippen molar-refractivity contribution in [3.8, 4) is 0 Å². The Morgan fingerprint density at radius 1 is 1.43 bits per heavy atom. The van der Waals surface area contributed by atoms with Gasteiger partial charge in [0, 0.05) is 32.4 Å². The van der Waals surface area contributed by atoms with Gasteiger partial charge in [0.25, 0.3) is 0 Å². The van der Waals surface area contributed by atoms with E-state index in [9.17, 15) is 9.59 Å². The van der Waals surface area contributed by atoms with Gasteiger partial charge in [-0.1, -0.05) is 6.92 Å². The number of hydrogen-bond donors (Lipinski definition) is 0. The Bertz CT molecular complexity index is 274. The van der Waals surface area contributed by atoms with Gasteiger partial charge in [0.05, 0.1) is 0 Å². The van der Waals surface area contributed by atoms with Crippen molar-refractivity contribution in [3.63, 3.8) is 0 Å². The molecule has 3 nitrogen and oxygen atoms in total. The number of fused-ring (bicyclic) bond motifs is 1. The third-order valence-corrected chi connectivity index (χ3v) is 3.61. The van der Waals surface area contributed by atoms with Crippen molar-refractivity contribution in [2.24, 2.45) is 11.8 Å². The van der Waals surface area contributed by atoms with Gasteiger partial charge in [0.15, 0.2) is 0 Å². The Hall–Kier alpha value is -0.860. The quantitative estimate of drug-likeness (QED) is 0.583. The fourth-order valence-electron chi connectivity index (χ4n) is 3.10. The predicted molar refractivity (Wildman–Crippen MR) is 52.7 cm³/mol. The van der Waals surface area contributed by atoms with Crippen LogP contribution >= 0.6 is 0 Å². The van der Waals surface area contributed by atoms with Crippen molar-refractivity contribution in [2.75, 3.05) is 6.54 Å². The smallest absolute Gasteiger partial charge is 0.219 e. The summed E-state index contributed by atoms with van der Waals surface area (Å²) in [5, 5.41) is 0. The molecule has 0 spiro atoms. The first kappa shape index (κ1) is 9.69. The second-order valence-electron chi connectivity index (χ2n) is 4.68. The van der Waals surface area contributed by atoms with E-state index in [2.05, 4.69) is 6.92 Å². The van der Waals surface area contributed by atoms with E-state index in [4.69, 9.17) is 0 Å². The van der Waals surface area contributed by atoms with E-state index >= 15 is 0 Å². The molecule has 0 aromatic heterocycles. The number of carbonyl (C=O) groups excluding carboxylic acids is 2.